The highest BCUT2D eigenvalue weighted by atomic mass is 16.2. The van der Waals surface area contributed by atoms with Crippen molar-refractivity contribution in [2.24, 2.45) is 0 Å². The SMILES string of the molecule is C#CCN1C(=O)NC(=N)C1c1ccccc1CC. The third kappa shape index (κ3) is 1.95. The van der Waals surface area contributed by atoms with Gasteiger partial charge in [-0.3, -0.25) is 15.6 Å². The zero-order valence-electron chi connectivity index (χ0n) is 10.2. The van der Waals surface area contributed by atoms with Gasteiger partial charge in [0.15, 0.2) is 0 Å². The molecule has 0 aromatic heterocycles. The topological polar surface area (TPSA) is 56.2 Å². The Morgan fingerprint density at radius 2 is 2.22 bits per heavy atom. The van der Waals surface area contributed by atoms with Gasteiger partial charge in [-0.1, -0.05) is 37.1 Å². The van der Waals surface area contributed by atoms with E-state index in [-0.39, 0.29) is 24.5 Å². The number of carbonyl (C=O) groups excluding carboxylic acids is 1. The summed E-state index contributed by atoms with van der Waals surface area (Å²) in [6.07, 6.45) is 6.14. The van der Waals surface area contributed by atoms with Crippen LogP contribution in [0.5, 0.6) is 0 Å². The van der Waals surface area contributed by atoms with Gasteiger partial charge in [-0.05, 0) is 17.5 Å². The minimum Gasteiger partial charge on any atom is -0.299 e. The van der Waals surface area contributed by atoms with Crippen LogP contribution in [-0.4, -0.2) is 23.3 Å². The second-order valence-corrected chi connectivity index (χ2v) is 4.13. The molecule has 0 bridgehead atoms. The Bertz CT molecular complexity index is 530. The summed E-state index contributed by atoms with van der Waals surface area (Å²) in [6.45, 7) is 2.26. The minimum absolute atomic E-state index is 0.191. The fourth-order valence-corrected chi connectivity index (χ4v) is 2.24. The zero-order valence-corrected chi connectivity index (χ0v) is 10.2. The molecule has 2 N–H and O–H groups in total. The molecule has 92 valence electrons. The van der Waals surface area contributed by atoms with Crippen molar-refractivity contribution in [1.29, 1.82) is 5.41 Å². The van der Waals surface area contributed by atoms with Crippen LogP contribution in [0.4, 0.5) is 4.79 Å². The van der Waals surface area contributed by atoms with E-state index in [1.807, 2.05) is 24.3 Å². The molecule has 1 aromatic carbocycles. The Labute approximate surface area is 107 Å². The van der Waals surface area contributed by atoms with Gasteiger partial charge < -0.3 is 0 Å². The smallest absolute Gasteiger partial charge is 0.299 e. The first-order valence-electron chi connectivity index (χ1n) is 5.86. The first-order chi connectivity index (χ1) is 8.69. The maximum atomic E-state index is 11.7. The molecule has 18 heavy (non-hydrogen) atoms. The molecular weight excluding hydrogens is 226 g/mol. The molecule has 2 amide bonds. The molecule has 1 aliphatic rings. The number of benzene rings is 1. The van der Waals surface area contributed by atoms with Crippen molar-refractivity contribution in [3.8, 4) is 12.3 Å². The summed E-state index contributed by atoms with van der Waals surface area (Å²) in [5, 5.41) is 10.4. The predicted octanol–water partition coefficient (Wildman–Crippen LogP) is 1.93. The largest absolute Gasteiger partial charge is 0.324 e. The number of nitrogens with zero attached hydrogens (tertiary/aromatic N) is 1. The molecule has 0 saturated carbocycles. The summed E-state index contributed by atoms with van der Waals surface area (Å²) in [4.78, 5) is 13.2. The van der Waals surface area contributed by atoms with Crippen molar-refractivity contribution in [2.75, 3.05) is 6.54 Å². The Hall–Kier alpha value is -2.28. The summed E-state index contributed by atoms with van der Waals surface area (Å²) in [6, 6.07) is 7.15. The van der Waals surface area contributed by atoms with Crippen molar-refractivity contribution >= 4 is 11.9 Å². The van der Waals surface area contributed by atoms with E-state index < -0.39 is 0 Å². The third-order valence-electron chi connectivity index (χ3n) is 3.08. The number of carbonyl (C=O) groups is 1. The van der Waals surface area contributed by atoms with Crippen LogP contribution >= 0.6 is 0 Å². The van der Waals surface area contributed by atoms with Crippen molar-refractivity contribution < 1.29 is 4.79 Å². The molecule has 0 spiro atoms. The van der Waals surface area contributed by atoms with Gasteiger partial charge in [0.05, 0.1) is 6.54 Å². The van der Waals surface area contributed by atoms with E-state index in [1.165, 1.54) is 4.90 Å². The number of hydrogen-bond acceptors (Lipinski definition) is 2. The maximum absolute atomic E-state index is 11.7. The standard InChI is InChI=1S/C14H15N3O/c1-3-9-17-12(13(15)16-14(17)18)11-8-6-5-7-10(11)4-2/h1,5-8,12H,4,9H2,2H3,(H2,15,16,18). The lowest BCUT2D eigenvalue weighted by Gasteiger charge is -2.22. The minimum atomic E-state index is -0.385. The Kier molecular flexibility index (Phi) is 3.33. The van der Waals surface area contributed by atoms with Gasteiger partial charge in [0.2, 0.25) is 0 Å². The van der Waals surface area contributed by atoms with Gasteiger partial charge in [0, 0.05) is 0 Å². The quantitative estimate of drug-likeness (QED) is 0.780. The molecule has 0 aliphatic carbocycles. The number of terminal acetylenes is 1. The highest BCUT2D eigenvalue weighted by molar-refractivity contribution is 6.06. The highest BCUT2D eigenvalue weighted by Crippen LogP contribution is 2.28. The van der Waals surface area contributed by atoms with E-state index >= 15 is 0 Å². The lowest BCUT2D eigenvalue weighted by molar-refractivity contribution is 0.212. The molecule has 1 fully saturated rings. The summed E-state index contributed by atoms with van der Waals surface area (Å²) in [5.41, 5.74) is 2.10. The highest BCUT2D eigenvalue weighted by Gasteiger charge is 2.36. The van der Waals surface area contributed by atoms with Gasteiger partial charge >= 0.3 is 6.03 Å². The van der Waals surface area contributed by atoms with Crippen LogP contribution in [-0.2, 0) is 6.42 Å². The van der Waals surface area contributed by atoms with Crippen LogP contribution in [0.15, 0.2) is 24.3 Å². The molecule has 4 nitrogen and oxygen atoms in total. The number of urea groups is 1. The molecule has 2 rings (SSSR count). The second kappa shape index (κ2) is 4.92. The summed E-state index contributed by atoms with van der Waals surface area (Å²) in [7, 11) is 0. The van der Waals surface area contributed by atoms with Crippen LogP contribution in [0.3, 0.4) is 0 Å². The number of rotatable bonds is 3. The second-order valence-electron chi connectivity index (χ2n) is 4.13. The van der Waals surface area contributed by atoms with E-state index in [0.29, 0.717) is 0 Å². The molecule has 1 atom stereocenters. The molecule has 1 heterocycles. The van der Waals surface area contributed by atoms with Gasteiger partial charge in [0.25, 0.3) is 0 Å². The van der Waals surface area contributed by atoms with E-state index in [9.17, 15) is 4.79 Å². The molecule has 0 radical (unpaired) electrons. The maximum Gasteiger partial charge on any atom is 0.324 e. The fraction of sp³-hybridized carbons (Fsp3) is 0.286. The Balaban J connectivity index is 2.44. The van der Waals surface area contributed by atoms with Crippen molar-refractivity contribution in [3.63, 3.8) is 0 Å². The van der Waals surface area contributed by atoms with E-state index in [2.05, 4.69) is 18.2 Å². The van der Waals surface area contributed by atoms with Gasteiger partial charge in [-0.15, -0.1) is 6.42 Å². The van der Waals surface area contributed by atoms with Crippen molar-refractivity contribution in [2.45, 2.75) is 19.4 Å². The van der Waals surface area contributed by atoms with Crippen LogP contribution in [0.25, 0.3) is 0 Å². The first-order valence-corrected chi connectivity index (χ1v) is 5.86. The van der Waals surface area contributed by atoms with Crippen LogP contribution in [0.1, 0.15) is 24.1 Å². The molecule has 1 aliphatic heterocycles. The van der Waals surface area contributed by atoms with Crippen LogP contribution in [0, 0.1) is 17.8 Å². The Morgan fingerprint density at radius 3 is 2.89 bits per heavy atom. The fourth-order valence-electron chi connectivity index (χ4n) is 2.24. The average Bonchev–Trinajstić information content (AvgIpc) is 2.65. The summed E-state index contributed by atoms with van der Waals surface area (Å²) in [5.74, 6) is 2.66. The molecule has 4 heteroatoms. The predicted molar refractivity (Wildman–Crippen MR) is 70.4 cm³/mol. The van der Waals surface area contributed by atoms with E-state index in [4.69, 9.17) is 11.8 Å². The van der Waals surface area contributed by atoms with Crippen LogP contribution < -0.4 is 5.32 Å². The number of hydrogen-bond donors (Lipinski definition) is 2. The molecule has 1 aromatic rings. The number of amides is 2. The first kappa shape index (κ1) is 12.2. The van der Waals surface area contributed by atoms with Crippen molar-refractivity contribution in [3.05, 3.63) is 35.4 Å². The summed E-state index contributed by atoms with van der Waals surface area (Å²) >= 11 is 0. The Morgan fingerprint density at radius 1 is 1.50 bits per heavy atom. The third-order valence-corrected chi connectivity index (χ3v) is 3.08. The van der Waals surface area contributed by atoms with Gasteiger partial charge in [-0.25, -0.2) is 4.79 Å². The lowest BCUT2D eigenvalue weighted by atomic mass is 9.97. The van der Waals surface area contributed by atoms with Crippen molar-refractivity contribution in [1.82, 2.24) is 10.2 Å². The average molecular weight is 241 g/mol. The number of amidine groups is 1. The van der Waals surface area contributed by atoms with Gasteiger partial charge in [0.1, 0.15) is 11.9 Å². The number of nitrogens with one attached hydrogen (secondary N) is 2. The van der Waals surface area contributed by atoms with E-state index in [0.717, 1.165) is 17.5 Å². The van der Waals surface area contributed by atoms with Crippen LogP contribution in [0.2, 0.25) is 0 Å². The molecule has 1 saturated heterocycles. The lowest BCUT2D eigenvalue weighted by Crippen LogP contribution is -2.30. The number of aryl methyl sites for hydroxylation is 1. The zero-order chi connectivity index (χ0) is 13.1. The van der Waals surface area contributed by atoms with E-state index in [1.54, 1.807) is 0 Å². The normalized spacial score (nSPS) is 18.7. The van der Waals surface area contributed by atoms with Gasteiger partial charge in [-0.2, -0.15) is 0 Å². The monoisotopic (exact) mass is 241 g/mol. The molecule has 1 unspecified atom stereocenters. The molecular formula is C14H15N3O. The summed E-state index contributed by atoms with van der Waals surface area (Å²) < 4.78 is 0.